The smallest absolute Gasteiger partial charge is 0.224 e. The van der Waals surface area contributed by atoms with Crippen LogP contribution in [0.2, 0.25) is 0 Å². The second kappa shape index (κ2) is 3.94. The zero-order valence-corrected chi connectivity index (χ0v) is 10.9. The fraction of sp³-hybridized carbons (Fsp3) is 0.846. The summed E-state index contributed by atoms with van der Waals surface area (Å²) in [4.78, 5) is 12.7. The molecular formula is C13H20N2OS. The minimum Gasteiger partial charge on any atom is -0.391 e. The number of rotatable bonds is 3. The van der Waals surface area contributed by atoms with Crippen LogP contribution in [-0.4, -0.2) is 16.4 Å². The van der Waals surface area contributed by atoms with Crippen molar-refractivity contribution in [3.63, 3.8) is 0 Å². The lowest BCUT2D eigenvalue weighted by atomic mass is 9.96. The number of nitrogens with one attached hydrogen (secondary N) is 1. The standard InChI is InChI=1S/C13H20N2OS/c14-12(17)13(6-1-2-7-13)15-11(16)10-8-4-3-5-9(8)10/h8-10H,1-7H2,(H2,14,17)(H,15,16). The number of carbonyl (C=O) groups is 1. The first-order valence-electron chi connectivity index (χ1n) is 6.76. The minimum absolute atomic E-state index is 0.217. The highest BCUT2D eigenvalue weighted by Crippen LogP contribution is 2.57. The number of thiocarbonyl (C=S) groups is 1. The Morgan fingerprint density at radius 3 is 2.29 bits per heavy atom. The summed E-state index contributed by atoms with van der Waals surface area (Å²) in [6.45, 7) is 0. The van der Waals surface area contributed by atoms with Crippen molar-refractivity contribution in [3.8, 4) is 0 Å². The average Bonchev–Trinajstić information content (AvgIpc) is 2.73. The molecule has 0 bridgehead atoms. The Morgan fingerprint density at radius 2 is 1.76 bits per heavy atom. The minimum atomic E-state index is -0.358. The van der Waals surface area contributed by atoms with Gasteiger partial charge in [0.1, 0.15) is 0 Å². The molecule has 3 aliphatic carbocycles. The Bertz CT molecular complexity index is 352. The van der Waals surface area contributed by atoms with Crippen LogP contribution in [0, 0.1) is 17.8 Å². The molecule has 0 aliphatic heterocycles. The van der Waals surface area contributed by atoms with E-state index >= 15 is 0 Å². The fourth-order valence-corrected chi connectivity index (χ4v) is 4.20. The van der Waals surface area contributed by atoms with Crippen molar-refractivity contribution >= 4 is 23.1 Å². The van der Waals surface area contributed by atoms with Crippen molar-refractivity contribution in [2.45, 2.75) is 50.5 Å². The largest absolute Gasteiger partial charge is 0.391 e. The molecule has 3 saturated carbocycles. The lowest BCUT2D eigenvalue weighted by Gasteiger charge is -2.29. The van der Waals surface area contributed by atoms with Gasteiger partial charge in [0.15, 0.2) is 0 Å². The molecule has 17 heavy (non-hydrogen) atoms. The third-order valence-corrected chi connectivity index (χ3v) is 5.39. The van der Waals surface area contributed by atoms with E-state index in [1.807, 2.05) is 0 Å². The lowest BCUT2D eigenvalue weighted by molar-refractivity contribution is -0.124. The Balaban J connectivity index is 1.66. The predicted octanol–water partition coefficient (Wildman–Crippen LogP) is 1.75. The molecule has 0 aromatic rings. The van der Waals surface area contributed by atoms with Gasteiger partial charge in [-0.15, -0.1) is 0 Å². The third kappa shape index (κ3) is 1.77. The van der Waals surface area contributed by atoms with Gasteiger partial charge in [0.05, 0.1) is 10.5 Å². The summed E-state index contributed by atoms with van der Waals surface area (Å²) in [5, 5.41) is 3.18. The molecule has 4 heteroatoms. The van der Waals surface area contributed by atoms with Crippen LogP contribution in [0.4, 0.5) is 0 Å². The molecule has 3 rings (SSSR count). The van der Waals surface area contributed by atoms with E-state index < -0.39 is 0 Å². The van der Waals surface area contributed by atoms with E-state index in [2.05, 4.69) is 5.32 Å². The first kappa shape index (κ1) is 11.5. The van der Waals surface area contributed by atoms with Gasteiger partial charge in [0.2, 0.25) is 5.91 Å². The normalized spacial score (nSPS) is 37.5. The zero-order valence-electron chi connectivity index (χ0n) is 10.1. The lowest BCUT2D eigenvalue weighted by Crippen LogP contribution is -2.55. The number of hydrogen-bond donors (Lipinski definition) is 2. The second-order valence-electron chi connectivity index (χ2n) is 5.93. The molecule has 0 radical (unpaired) electrons. The van der Waals surface area contributed by atoms with Crippen molar-refractivity contribution in [2.75, 3.05) is 0 Å². The first-order valence-corrected chi connectivity index (χ1v) is 7.17. The molecule has 3 fully saturated rings. The van der Waals surface area contributed by atoms with Gasteiger partial charge >= 0.3 is 0 Å². The van der Waals surface area contributed by atoms with Crippen molar-refractivity contribution in [3.05, 3.63) is 0 Å². The quantitative estimate of drug-likeness (QED) is 0.752. The van der Waals surface area contributed by atoms with Gasteiger partial charge in [-0.1, -0.05) is 31.5 Å². The Labute approximate surface area is 108 Å². The van der Waals surface area contributed by atoms with Gasteiger partial charge in [-0.3, -0.25) is 4.79 Å². The fourth-order valence-electron chi connectivity index (χ4n) is 3.94. The van der Waals surface area contributed by atoms with Gasteiger partial charge in [-0.25, -0.2) is 0 Å². The highest BCUT2D eigenvalue weighted by atomic mass is 32.1. The average molecular weight is 252 g/mol. The summed E-state index contributed by atoms with van der Waals surface area (Å²) in [6.07, 6.45) is 7.88. The second-order valence-corrected chi connectivity index (χ2v) is 6.37. The number of hydrogen-bond acceptors (Lipinski definition) is 2. The molecule has 2 atom stereocenters. The first-order chi connectivity index (χ1) is 8.14. The van der Waals surface area contributed by atoms with Crippen LogP contribution >= 0.6 is 12.2 Å². The van der Waals surface area contributed by atoms with Crippen molar-refractivity contribution in [1.29, 1.82) is 0 Å². The van der Waals surface area contributed by atoms with Gasteiger partial charge in [0.25, 0.3) is 0 Å². The maximum absolute atomic E-state index is 12.3. The molecule has 3 aliphatic rings. The van der Waals surface area contributed by atoms with E-state index in [1.54, 1.807) is 0 Å². The van der Waals surface area contributed by atoms with E-state index in [0.29, 0.717) is 16.8 Å². The maximum Gasteiger partial charge on any atom is 0.224 e. The van der Waals surface area contributed by atoms with Crippen molar-refractivity contribution < 1.29 is 4.79 Å². The molecule has 0 saturated heterocycles. The van der Waals surface area contributed by atoms with Gasteiger partial charge in [0, 0.05) is 5.92 Å². The van der Waals surface area contributed by atoms with E-state index in [9.17, 15) is 4.79 Å². The SMILES string of the molecule is NC(=S)C1(NC(=O)C2C3CCCC32)CCCC1. The van der Waals surface area contributed by atoms with E-state index in [1.165, 1.54) is 19.3 Å². The zero-order chi connectivity index (χ0) is 12.0. The molecular weight excluding hydrogens is 232 g/mol. The summed E-state index contributed by atoms with van der Waals surface area (Å²) in [6, 6.07) is 0. The maximum atomic E-state index is 12.3. The van der Waals surface area contributed by atoms with Gasteiger partial charge in [-0.2, -0.15) is 0 Å². The summed E-state index contributed by atoms with van der Waals surface area (Å²) < 4.78 is 0. The number of amides is 1. The van der Waals surface area contributed by atoms with E-state index in [4.69, 9.17) is 18.0 Å². The van der Waals surface area contributed by atoms with Crippen LogP contribution in [0.1, 0.15) is 44.9 Å². The van der Waals surface area contributed by atoms with Crippen LogP contribution in [0.15, 0.2) is 0 Å². The third-order valence-electron chi connectivity index (χ3n) is 5.00. The molecule has 0 spiro atoms. The van der Waals surface area contributed by atoms with Crippen LogP contribution in [0.5, 0.6) is 0 Å². The van der Waals surface area contributed by atoms with Crippen LogP contribution in [0.25, 0.3) is 0 Å². The van der Waals surface area contributed by atoms with Gasteiger partial charge < -0.3 is 11.1 Å². The molecule has 2 unspecified atom stereocenters. The number of fused-ring (bicyclic) bond motifs is 1. The molecule has 3 nitrogen and oxygen atoms in total. The van der Waals surface area contributed by atoms with Gasteiger partial charge in [-0.05, 0) is 37.5 Å². The molecule has 0 aromatic carbocycles. The highest BCUT2D eigenvalue weighted by molar-refractivity contribution is 7.80. The molecule has 94 valence electrons. The topological polar surface area (TPSA) is 55.1 Å². The summed E-state index contributed by atoms with van der Waals surface area (Å²) in [5.41, 5.74) is 5.48. The highest BCUT2D eigenvalue weighted by Gasteiger charge is 2.57. The molecule has 0 heterocycles. The molecule has 3 N–H and O–H groups in total. The van der Waals surface area contributed by atoms with E-state index in [-0.39, 0.29) is 17.4 Å². The number of nitrogens with two attached hydrogens (primary N) is 1. The Kier molecular flexibility index (Phi) is 2.65. The summed E-state index contributed by atoms with van der Waals surface area (Å²) >= 11 is 5.16. The summed E-state index contributed by atoms with van der Waals surface area (Å²) in [7, 11) is 0. The Morgan fingerprint density at radius 1 is 1.18 bits per heavy atom. The van der Waals surface area contributed by atoms with Crippen molar-refractivity contribution in [1.82, 2.24) is 5.32 Å². The molecule has 0 aromatic heterocycles. The summed E-state index contributed by atoms with van der Waals surface area (Å²) in [5.74, 6) is 1.82. The van der Waals surface area contributed by atoms with Crippen molar-refractivity contribution in [2.24, 2.45) is 23.5 Å². The predicted molar refractivity (Wildman–Crippen MR) is 70.4 cm³/mol. The number of carbonyl (C=O) groups excluding carboxylic acids is 1. The van der Waals surface area contributed by atoms with Crippen LogP contribution in [-0.2, 0) is 4.79 Å². The Hall–Kier alpha value is -0.640. The van der Waals surface area contributed by atoms with Crippen LogP contribution in [0.3, 0.4) is 0 Å². The monoisotopic (exact) mass is 252 g/mol. The molecule has 1 amide bonds. The van der Waals surface area contributed by atoms with E-state index in [0.717, 1.165) is 25.7 Å². The van der Waals surface area contributed by atoms with Crippen LogP contribution < -0.4 is 11.1 Å².